The second kappa shape index (κ2) is 4.26. The lowest BCUT2D eigenvalue weighted by Gasteiger charge is -2.22. The lowest BCUT2D eigenvalue weighted by Crippen LogP contribution is -2.30. The van der Waals surface area contributed by atoms with E-state index in [4.69, 9.17) is 0 Å². The van der Waals surface area contributed by atoms with Gasteiger partial charge in [-0.3, -0.25) is 4.57 Å². The van der Waals surface area contributed by atoms with Gasteiger partial charge in [0.05, 0.1) is 0 Å². The Labute approximate surface area is 92.3 Å². The van der Waals surface area contributed by atoms with Gasteiger partial charge in [0.25, 0.3) is 0 Å². The summed E-state index contributed by atoms with van der Waals surface area (Å²) >= 11 is 3.43. The minimum absolute atomic E-state index is 0.0702. The largest absolute Gasteiger partial charge is 0.347 e. The average Bonchev–Trinajstić information content (AvgIpc) is 2.10. The summed E-state index contributed by atoms with van der Waals surface area (Å²) in [5, 5.41) is 0.861. The molecule has 0 radical (unpaired) electrons. The van der Waals surface area contributed by atoms with E-state index in [2.05, 4.69) is 34.8 Å². The molecule has 0 bridgehead atoms. The monoisotopic (exact) mass is 258 g/mol. The molecule has 1 aromatic rings. The molecule has 3 nitrogen and oxygen atoms in total. The second-order valence-electron chi connectivity index (χ2n) is 4.28. The van der Waals surface area contributed by atoms with E-state index in [1.807, 2.05) is 13.0 Å². The SMILES string of the molecule is Cc1ccn(CC(C)(C)CBr)c(=O)n1. The molecule has 0 aliphatic carbocycles. The molecule has 1 rings (SSSR count). The molecule has 0 N–H and O–H groups in total. The Morgan fingerprint density at radius 1 is 1.57 bits per heavy atom. The summed E-state index contributed by atoms with van der Waals surface area (Å²) in [6.07, 6.45) is 1.80. The molecule has 14 heavy (non-hydrogen) atoms. The van der Waals surface area contributed by atoms with E-state index >= 15 is 0 Å². The van der Waals surface area contributed by atoms with Crippen LogP contribution >= 0.6 is 15.9 Å². The topological polar surface area (TPSA) is 34.9 Å². The molecule has 0 aliphatic rings. The van der Waals surface area contributed by atoms with Crippen LogP contribution in [0.1, 0.15) is 19.5 Å². The van der Waals surface area contributed by atoms with Gasteiger partial charge in [-0.15, -0.1) is 0 Å². The third kappa shape index (κ3) is 2.94. The van der Waals surface area contributed by atoms with E-state index < -0.39 is 0 Å². The van der Waals surface area contributed by atoms with Crippen molar-refractivity contribution < 1.29 is 0 Å². The van der Waals surface area contributed by atoms with Gasteiger partial charge in [0, 0.05) is 23.8 Å². The number of aromatic nitrogens is 2. The highest BCUT2D eigenvalue weighted by Crippen LogP contribution is 2.19. The number of alkyl halides is 1. The van der Waals surface area contributed by atoms with Gasteiger partial charge in [-0.05, 0) is 18.4 Å². The van der Waals surface area contributed by atoms with Crippen molar-refractivity contribution in [3.63, 3.8) is 0 Å². The zero-order valence-corrected chi connectivity index (χ0v) is 10.3. The third-order valence-corrected chi connectivity index (χ3v) is 3.49. The highest BCUT2D eigenvalue weighted by atomic mass is 79.9. The fourth-order valence-corrected chi connectivity index (χ4v) is 1.32. The molecule has 78 valence electrons. The average molecular weight is 259 g/mol. The molecule has 0 spiro atoms. The van der Waals surface area contributed by atoms with E-state index in [1.54, 1.807) is 10.8 Å². The maximum Gasteiger partial charge on any atom is 0.347 e. The fourth-order valence-electron chi connectivity index (χ4n) is 1.14. The molecule has 0 fully saturated rings. The predicted octanol–water partition coefficient (Wildman–Crippen LogP) is 1.97. The minimum atomic E-state index is -0.168. The van der Waals surface area contributed by atoms with Gasteiger partial charge in [0.2, 0.25) is 0 Å². The van der Waals surface area contributed by atoms with Crippen molar-refractivity contribution in [1.29, 1.82) is 0 Å². The number of rotatable bonds is 3. The van der Waals surface area contributed by atoms with Crippen LogP contribution in [0, 0.1) is 12.3 Å². The van der Waals surface area contributed by atoms with Crippen LogP contribution in [0.25, 0.3) is 0 Å². The summed E-state index contributed by atoms with van der Waals surface area (Å²) < 4.78 is 1.65. The Bertz CT molecular complexity index is 371. The van der Waals surface area contributed by atoms with Gasteiger partial charge in [0.15, 0.2) is 0 Å². The van der Waals surface area contributed by atoms with Crippen molar-refractivity contribution in [3.05, 3.63) is 28.4 Å². The number of nitrogens with zero attached hydrogens (tertiary/aromatic N) is 2. The van der Waals surface area contributed by atoms with Crippen LogP contribution in [0.3, 0.4) is 0 Å². The van der Waals surface area contributed by atoms with Crippen molar-refractivity contribution >= 4 is 15.9 Å². The Balaban J connectivity index is 2.93. The van der Waals surface area contributed by atoms with Gasteiger partial charge in [-0.25, -0.2) is 4.79 Å². The van der Waals surface area contributed by atoms with Crippen LogP contribution in [0.2, 0.25) is 0 Å². The van der Waals surface area contributed by atoms with Gasteiger partial charge in [-0.2, -0.15) is 4.98 Å². The minimum Gasteiger partial charge on any atom is -0.299 e. The number of hydrogen-bond donors (Lipinski definition) is 0. The predicted molar refractivity (Wildman–Crippen MR) is 60.8 cm³/mol. The summed E-state index contributed by atoms with van der Waals surface area (Å²) in [6.45, 7) is 6.72. The third-order valence-electron chi connectivity index (χ3n) is 1.97. The highest BCUT2D eigenvalue weighted by molar-refractivity contribution is 9.09. The Hall–Kier alpha value is -0.640. The van der Waals surface area contributed by atoms with Crippen molar-refractivity contribution in [1.82, 2.24) is 9.55 Å². The maximum absolute atomic E-state index is 11.5. The molecule has 0 amide bonds. The molecule has 0 saturated carbocycles. The quantitative estimate of drug-likeness (QED) is 0.778. The van der Waals surface area contributed by atoms with E-state index in [1.165, 1.54) is 0 Å². The Morgan fingerprint density at radius 2 is 2.21 bits per heavy atom. The normalized spacial score (nSPS) is 11.7. The zero-order chi connectivity index (χ0) is 10.8. The molecule has 0 aromatic carbocycles. The van der Waals surface area contributed by atoms with Crippen LogP contribution in [0.4, 0.5) is 0 Å². The van der Waals surface area contributed by atoms with Crippen LogP contribution in [0.5, 0.6) is 0 Å². The first-order chi connectivity index (χ1) is 6.44. The molecule has 1 aromatic heterocycles. The summed E-state index contributed by atoms with van der Waals surface area (Å²) in [5.41, 5.74) is 0.669. The summed E-state index contributed by atoms with van der Waals surface area (Å²) in [4.78, 5) is 15.4. The standard InChI is InChI=1S/C10H15BrN2O/c1-8-4-5-13(9(14)12-8)7-10(2,3)6-11/h4-5H,6-7H2,1-3H3. The molecule has 1 heterocycles. The fraction of sp³-hybridized carbons (Fsp3) is 0.600. The summed E-state index contributed by atoms with van der Waals surface area (Å²) in [6, 6.07) is 1.85. The van der Waals surface area contributed by atoms with Crippen molar-refractivity contribution in [2.75, 3.05) is 5.33 Å². The number of hydrogen-bond acceptors (Lipinski definition) is 2. The van der Waals surface area contributed by atoms with E-state index in [9.17, 15) is 4.79 Å². The highest BCUT2D eigenvalue weighted by Gasteiger charge is 2.17. The van der Waals surface area contributed by atoms with Crippen LogP contribution < -0.4 is 5.69 Å². The molecular weight excluding hydrogens is 244 g/mol. The van der Waals surface area contributed by atoms with E-state index in [0.29, 0.717) is 6.54 Å². The smallest absolute Gasteiger partial charge is 0.299 e. The van der Waals surface area contributed by atoms with Crippen LogP contribution in [0.15, 0.2) is 17.1 Å². The Morgan fingerprint density at radius 3 is 2.71 bits per heavy atom. The van der Waals surface area contributed by atoms with Crippen molar-refractivity contribution in [2.45, 2.75) is 27.3 Å². The summed E-state index contributed by atoms with van der Waals surface area (Å²) in [7, 11) is 0. The molecule has 0 aliphatic heterocycles. The molecule has 0 unspecified atom stereocenters. The van der Waals surface area contributed by atoms with Crippen molar-refractivity contribution in [2.24, 2.45) is 5.41 Å². The molecule has 0 saturated heterocycles. The van der Waals surface area contributed by atoms with Crippen molar-refractivity contribution in [3.8, 4) is 0 Å². The van der Waals surface area contributed by atoms with E-state index in [-0.39, 0.29) is 11.1 Å². The van der Waals surface area contributed by atoms with Gasteiger partial charge in [0.1, 0.15) is 0 Å². The van der Waals surface area contributed by atoms with Crippen LogP contribution in [-0.4, -0.2) is 14.9 Å². The number of aryl methyl sites for hydroxylation is 1. The molecule has 0 atom stereocenters. The first-order valence-electron chi connectivity index (χ1n) is 4.55. The van der Waals surface area contributed by atoms with Gasteiger partial charge < -0.3 is 0 Å². The summed E-state index contributed by atoms with van der Waals surface area (Å²) in [5.74, 6) is 0. The number of halogens is 1. The first-order valence-corrected chi connectivity index (χ1v) is 5.67. The van der Waals surface area contributed by atoms with E-state index in [0.717, 1.165) is 11.0 Å². The Kier molecular flexibility index (Phi) is 3.48. The van der Waals surface area contributed by atoms with Crippen LogP contribution in [-0.2, 0) is 6.54 Å². The maximum atomic E-state index is 11.5. The second-order valence-corrected chi connectivity index (χ2v) is 4.84. The first kappa shape index (κ1) is 11.4. The lowest BCUT2D eigenvalue weighted by molar-refractivity contribution is 0.345. The molecular formula is C10H15BrN2O. The molecule has 4 heteroatoms. The zero-order valence-electron chi connectivity index (χ0n) is 8.75. The van der Waals surface area contributed by atoms with Gasteiger partial charge >= 0.3 is 5.69 Å². The van der Waals surface area contributed by atoms with Gasteiger partial charge in [-0.1, -0.05) is 29.8 Å². The lowest BCUT2D eigenvalue weighted by atomic mass is 9.97.